The highest BCUT2D eigenvalue weighted by molar-refractivity contribution is 6.31. The predicted molar refractivity (Wildman–Crippen MR) is 72.9 cm³/mol. The van der Waals surface area contributed by atoms with Gasteiger partial charge >= 0.3 is 0 Å². The molecule has 1 aromatic rings. The summed E-state index contributed by atoms with van der Waals surface area (Å²) < 4.78 is 0. The van der Waals surface area contributed by atoms with Gasteiger partial charge in [-0.2, -0.15) is 0 Å². The van der Waals surface area contributed by atoms with Crippen molar-refractivity contribution in [2.75, 3.05) is 31.1 Å². The van der Waals surface area contributed by atoms with E-state index in [1.807, 2.05) is 6.07 Å². The van der Waals surface area contributed by atoms with E-state index in [4.69, 9.17) is 11.6 Å². The molecule has 2 fully saturated rings. The summed E-state index contributed by atoms with van der Waals surface area (Å²) in [6.45, 7) is 6.84. The summed E-state index contributed by atoms with van der Waals surface area (Å²) in [7, 11) is 0. The summed E-state index contributed by atoms with van der Waals surface area (Å²) in [5.74, 6) is 0. The fourth-order valence-corrected chi connectivity index (χ4v) is 3.29. The summed E-state index contributed by atoms with van der Waals surface area (Å²) in [5, 5.41) is 4.30. The second-order valence-electron chi connectivity index (χ2n) is 5.51. The van der Waals surface area contributed by atoms with Gasteiger partial charge in [-0.1, -0.05) is 17.7 Å². The first-order valence-corrected chi connectivity index (χ1v) is 6.79. The Bertz CT molecular complexity index is 426. The molecule has 1 N–H and O–H groups in total. The third-order valence-electron chi connectivity index (χ3n) is 4.24. The van der Waals surface area contributed by atoms with Crippen molar-refractivity contribution in [1.82, 2.24) is 5.32 Å². The van der Waals surface area contributed by atoms with Gasteiger partial charge in [-0.05, 0) is 37.5 Å². The van der Waals surface area contributed by atoms with Gasteiger partial charge < -0.3 is 10.2 Å². The van der Waals surface area contributed by atoms with E-state index in [1.54, 1.807) is 0 Å². The van der Waals surface area contributed by atoms with E-state index >= 15 is 0 Å². The lowest BCUT2D eigenvalue weighted by Gasteiger charge is -2.50. The van der Waals surface area contributed by atoms with Crippen LogP contribution in [0.2, 0.25) is 5.02 Å². The number of hydrogen-bond acceptors (Lipinski definition) is 2. The maximum atomic E-state index is 6.21. The van der Waals surface area contributed by atoms with Crippen molar-refractivity contribution in [1.29, 1.82) is 0 Å². The molecule has 0 aromatic heterocycles. The molecular formula is C14H19ClN2. The van der Waals surface area contributed by atoms with Crippen LogP contribution in [-0.4, -0.2) is 26.2 Å². The molecule has 1 aromatic carbocycles. The van der Waals surface area contributed by atoms with Crippen molar-refractivity contribution < 1.29 is 0 Å². The quantitative estimate of drug-likeness (QED) is 0.825. The van der Waals surface area contributed by atoms with E-state index < -0.39 is 0 Å². The molecule has 0 amide bonds. The Morgan fingerprint density at radius 3 is 2.88 bits per heavy atom. The smallest absolute Gasteiger partial charge is 0.0455 e. The van der Waals surface area contributed by atoms with Crippen LogP contribution in [0.1, 0.15) is 18.4 Å². The minimum absolute atomic E-state index is 0.535. The van der Waals surface area contributed by atoms with Crippen LogP contribution in [0.15, 0.2) is 18.2 Å². The zero-order chi connectivity index (χ0) is 11.9. The van der Waals surface area contributed by atoms with Crippen molar-refractivity contribution in [3.05, 3.63) is 28.8 Å². The van der Waals surface area contributed by atoms with Gasteiger partial charge in [0, 0.05) is 42.3 Å². The lowest BCUT2D eigenvalue weighted by molar-refractivity contribution is 0.138. The van der Waals surface area contributed by atoms with Crippen molar-refractivity contribution >= 4 is 17.3 Å². The number of nitrogens with one attached hydrogen (secondary N) is 1. The van der Waals surface area contributed by atoms with Crippen LogP contribution in [0.4, 0.5) is 5.69 Å². The number of nitrogens with zero attached hydrogens (tertiary/aromatic N) is 1. The van der Waals surface area contributed by atoms with Crippen LogP contribution in [-0.2, 0) is 0 Å². The van der Waals surface area contributed by atoms with Crippen LogP contribution < -0.4 is 10.2 Å². The first kappa shape index (κ1) is 11.4. The molecule has 2 nitrogen and oxygen atoms in total. The van der Waals surface area contributed by atoms with Gasteiger partial charge in [0.2, 0.25) is 0 Å². The lowest BCUT2D eigenvalue weighted by Crippen LogP contribution is -2.61. The molecule has 3 heteroatoms. The minimum Gasteiger partial charge on any atom is -0.371 e. The number of anilines is 1. The maximum absolute atomic E-state index is 6.21. The topological polar surface area (TPSA) is 15.3 Å². The fourth-order valence-electron chi connectivity index (χ4n) is 3.12. The predicted octanol–water partition coefficient (Wildman–Crippen LogP) is 2.84. The SMILES string of the molecule is Cc1c(Cl)cccc1N1CCCC2(CNC2)C1. The van der Waals surface area contributed by atoms with E-state index in [9.17, 15) is 0 Å². The summed E-state index contributed by atoms with van der Waals surface area (Å²) >= 11 is 6.21. The second kappa shape index (κ2) is 4.18. The molecular weight excluding hydrogens is 232 g/mol. The Hall–Kier alpha value is -0.730. The van der Waals surface area contributed by atoms with Crippen molar-refractivity contribution in [2.45, 2.75) is 19.8 Å². The van der Waals surface area contributed by atoms with Crippen molar-refractivity contribution in [2.24, 2.45) is 5.41 Å². The number of piperidine rings is 1. The maximum Gasteiger partial charge on any atom is 0.0455 e. The molecule has 2 aliphatic rings. The number of rotatable bonds is 1. The lowest BCUT2D eigenvalue weighted by atomic mass is 9.75. The summed E-state index contributed by atoms with van der Waals surface area (Å²) in [4.78, 5) is 2.52. The molecule has 2 saturated heterocycles. The summed E-state index contributed by atoms with van der Waals surface area (Å²) in [6, 6.07) is 6.24. The Morgan fingerprint density at radius 2 is 2.18 bits per heavy atom. The molecule has 3 rings (SSSR count). The van der Waals surface area contributed by atoms with Gasteiger partial charge in [-0.25, -0.2) is 0 Å². The molecule has 0 saturated carbocycles. The Balaban J connectivity index is 1.86. The molecule has 0 bridgehead atoms. The Morgan fingerprint density at radius 1 is 1.35 bits per heavy atom. The van der Waals surface area contributed by atoms with Crippen molar-refractivity contribution in [3.8, 4) is 0 Å². The number of halogens is 1. The van der Waals surface area contributed by atoms with Gasteiger partial charge in [-0.15, -0.1) is 0 Å². The largest absolute Gasteiger partial charge is 0.371 e. The molecule has 0 radical (unpaired) electrons. The van der Waals surface area contributed by atoms with E-state index in [2.05, 4.69) is 29.3 Å². The third kappa shape index (κ3) is 1.94. The van der Waals surface area contributed by atoms with Gasteiger partial charge in [0.15, 0.2) is 0 Å². The highest BCUT2D eigenvalue weighted by Crippen LogP contribution is 2.37. The van der Waals surface area contributed by atoms with Gasteiger partial charge in [0.25, 0.3) is 0 Å². The highest BCUT2D eigenvalue weighted by Gasteiger charge is 2.40. The van der Waals surface area contributed by atoms with Crippen LogP contribution in [0.5, 0.6) is 0 Å². The minimum atomic E-state index is 0.535. The van der Waals surface area contributed by atoms with E-state index in [0.29, 0.717) is 5.41 Å². The normalized spacial score (nSPS) is 22.6. The fraction of sp³-hybridized carbons (Fsp3) is 0.571. The standard InChI is InChI=1S/C14H19ClN2/c1-11-12(15)4-2-5-13(11)17-7-3-6-14(10-17)8-16-9-14/h2,4-5,16H,3,6-10H2,1H3. The Kier molecular flexibility index (Phi) is 2.80. The monoisotopic (exact) mass is 250 g/mol. The average Bonchev–Trinajstić information content (AvgIpc) is 2.31. The first-order chi connectivity index (χ1) is 8.20. The molecule has 0 unspecified atom stereocenters. The van der Waals surface area contributed by atoms with Crippen molar-refractivity contribution in [3.63, 3.8) is 0 Å². The van der Waals surface area contributed by atoms with Crippen LogP contribution in [0.3, 0.4) is 0 Å². The van der Waals surface area contributed by atoms with E-state index in [-0.39, 0.29) is 0 Å². The molecule has 92 valence electrons. The molecule has 0 aliphatic carbocycles. The summed E-state index contributed by atoms with van der Waals surface area (Å²) in [6.07, 6.45) is 2.67. The van der Waals surface area contributed by atoms with Gasteiger partial charge in [0.1, 0.15) is 0 Å². The third-order valence-corrected chi connectivity index (χ3v) is 4.65. The Labute approximate surface area is 108 Å². The zero-order valence-corrected chi connectivity index (χ0v) is 11.1. The van der Waals surface area contributed by atoms with Crippen LogP contribution in [0.25, 0.3) is 0 Å². The van der Waals surface area contributed by atoms with Gasteiger partial charge in [-0.3, -0.25) is 0 Å². The van der Waals surface area contributed by atoms with Crippen LogP contribution in [0, 0.1) is 12.3 Å². The molecule has 2 aliphatic heterocycles. The van der Waals surface area contributed by atoms with Gasteiger partial charge in [0.05, 0.1) is 0 Å². The highest BCUT2D eigenvalue weighted by atomic mass is 35.5. The molecule has 0 atom stereocenters. The van der Waals surface area contributed by atoms with E-state index in [1.165, 1.54) is 50.3 Å². The average molecular weight is 251 g/mol. The zero-order valence-electron chi connectivity index (χ0n) is 10.3. The van der Waals surface area contributed by atoms with Crippen LogP contribution >= 0.6 is 11.6 Å². The number of hydrogen-bond donors (Lipinski definition) is 1. The second-order valence-corrected chi connectivity index (χ2v) is 5.92. The molecule has 1 spiro atoms. The summed E-state index contributed by atoms with van der Waals surface area (Å²) in [5.41, 5.74) is 3.08. The first-order valence-electron chi connectivity index (χ1n) is 6.41. The molecule has 17 heavy (non-hydrogen) atoms. The molecule has 2 heterocycles. The number of benzene rings is 1. The van der Waals surface area contributed by atoms with E-state index in [0.717, 1.165) is 5.02 Å².